The molecule has 0 fully saturated rings. The molecule has 0 spiro atoms. The van der Waals surface area contributed by atoms with Crippen molar-refractivity contribution < 1.29 is 14.3 Å². The lowest BCUT2D eigenvalue weighted by molar-refractivity contribution is 0.0588. The molecular formula is C9H13N3O3S. The summed E-state index contributed by atoms with van der Waals surface area (Å²) in [6.07, 6.45) is 1.53. The number of esters is 1. The van der Waals surface area contributed by atoms with Gasteiger partial charge in [-0.2, -0.15) is 4.98 Å². The Morgan fingerprint density at radius 3 is 2.88 bits per heavy atom. The predicted octanol–water partition coefficient (Wildman–Crippen LogP) is 0.323. The normalized spacial score (nSPS) is 9.94. The number of rotatable bonds is 5. The number of hydrogen-bond acceptors (Lipinski definition) is 7. The van der Waals surface area contributed by atoms with Gasteiger partial charge in [0.1, 0.15) is 0 Å². The molecule has 0 saturated carbocycles. The molecule has 16 heavy (non-hydrogen) atoms. The Labute approximate surface area is 97.5 Å². The van der Waals surface area contributed by atoms with Gasteiger partial charge < -0.3 is 15.2 Å². The zero-order valence-electron chi connectivity index (χ0n) is 9.10. The van der Waals surface area contributed by atoms with Gasteiger partial charge in [0.15, 0.2) is 5.69 Å². The summed E-state index contributed by atoms with van der Waals surface area (Å²) in [6, 6.07) is 0.137. The zero-order chi connectivity index (χ0) is 12.0. The van der Waals surface area contributed by atoms with E-state index in [0.29, 0.717) is 17.2 Å². The number of methoxy groups -OCH3 is 2. The Bertz CT molecular complexity index is 373. The SMILES string of the molecule is COC(=O)c1nc(OC)ncc1SCCN. The fourth-order valence-corrected chi connectivity index (χ4v) is 1.70. The van der Waals surface area contributed by atoms with Crippen LogP contribution in [-0.2, 0) is 4.74 Å². The van der Waals surface area contributed by atoms with Crippen LogP contribution >= 0.6 is 11.8 Å². The standard InChI is InChI=1S/C9H13N3O3S/c1-14-8(13)7-6(16-4-3-10)5-11-9(12-7)15-2/h5H,3-4,10H2,1-2H3. The molecule has 88 valence electrons. The van der Waals surface area contributed by atoms with Crippen molar-refractivity contribution in [3.63, 3.8) is 0 Å². The van der Waals surface area contributed by atoms with Crippen LogP contribution in [0.2, 0.25) is 0 Å². The van der Waals surface area contributed by atoms with Crippen LogP contribution in [0.3, 0.4) is 0 Å². The van der Waals surface area contributed by atoms with Gasteiger partial charge in [0.05, 0.1) is 19.1 Å². The van der Waals surface area contributed by atoms with Gasteiger partial charge >= 0.3 is 12.0 Å². The molecule has 0 aliphatic heterocycles. The van der Waals surface area contributed by atoms with E-state index in [1.54, 1.807) is 0 Å². The van der Waals surface area contributed by atoms with E-state index < -0.39 is 5.97 Å². The van der Waals surface area contributed by atoms with E-state index in [2.05, 4.69) is 14.7 Å². The Hall–Kier alpha value is -1.34. The molecule has 1 aromatic heterocycles. The first-order valence-corrected chi connectivity index (χ1v) is 5.53. The zero-order valence-corrected chi connectivity index (χ0v) is 9.91. The van der Waals surface area contributed by atoms with E-state index in [1.807, 2.05) is 0 Å². The molecular weight excluding hydrogens is 230 g/mol. The van der Waals surface area contributed by atoms with Crippen LogP contribution in [0.4, 0.5) is 0 Å². The third-order valence-electron chi connectivity index (χ3n) is 1.67. The van der Waals surface area contributed by atoms with E-state index in [4.69, 9.17) is 10.5 Å². The molecule has 0 bridgehead atoms. The summed E-state index contributed by atoms with van der Waals surface area (Å²) in [5.41, 5.74) is 5.59. The molecule has 0 aromatic carbocycles. The van der Waals surface area contributed by atoms with Gasteiger partial charge in [-0.05, 0) is 0 Å². The topological polar surface area (TPSA) is 87.3 Å². The highest BCUT2D eigenvalue weighted by Gasteiger charge is 2.16. The lowest BCUT2D eigenvalue weighted by atomic mass is 10.4. The molecule has 0 radical (unpaired) electrons. The monoisotopic (exact) mass is 243 g/mol. The van der Waals surface area contributed by atoms with Crippen molar-refractivity contribution in [1.29, 1.82) is 0 Å². The summed E-state index contributed by atoms with van der Waals surface area (Å²) in [7, 11) is 2.73. The van der Waals surface area contributed by atoms with Crippen molar-refractivity contribution in [3.05, 3.63) is 11.9 Å². The Morgan fingerprint density at radius 2 is 2.31 bits per heavy atom. The maximum absolute atomic E-state index is 11.5. The highest BCUT2D eigenvalue weighted by Crippen LogP contribution is 2.22. The second-order valence-electron chi connectivity index (χ2n) is 2.70. The van der Waals surface area contributed by atoms with Crippen LogP contribution in [0, 0.1) is 0 Å². The molecule has 6 nitrogen and oxygen atoms in total. The summed E-state index contributed by atoms with van der Waals surface area (Å²) in [6.45, 7) is 0.511. The average molecular weight is 243 g/mol. The first kappa shape index (κ1) is 12.7. The van der Waals surface area contributed by atoms with E-state index in [-0.39, 0.29) is 11.7 Å². The number of thioether (sulfide) groups is 1. The number of carbonyl (C=O) groups excluding carboxylic acids is 1. The molecule has 1 rings (SSSR count). The fraction of sp³-hybridized carbons (Fsp3) is 0.444. The third-order valence-corrected chi connectivity index (χ3v) is 2.72. The van der Waals surface area contributed by atoms with Crippen LogP contribution < -0.4 is 10.5 Å². The second kappa shape index (κ2) is 6.29. The summed E-state index contributed by atoms with van der Waals surface area (Å²) in [5, 5.41) is 0. The van der Waals surface area contributed by atoms with Gasteiger partial charge in [0, 0.05) is 18.5 Å². The van der Waals surface area contributed by atoms with Gasteiger partial charge in [-0.1, -0.05) is 0 Å². The third kappa shape index (κ3) is 3.07. The minimum atomic E-state index is -0.514. The smallest absolute Gasteiger partial charge is 0.358 e. The van der Waals surface area contributed by atoms with Crippen molar-refractivity contribution in [3.8, 4) is 6.01 Å². The molecule has 0 aliphatic rings. The van der Waals surface area contributed by atoms with Gasteiger partial charge in [0.2, 0.25) is 0 Å². The van der Waals surface area contributed by atoms with Gasteiger partial charge in [0.25, 0.3) is 0 Å². The van der Waals surface area contributed by atoms with Crippen LogP contribution in [0.1, 0.15) is 10.5 Å². The lowest BCUT2D eigenvalue weighted by Gasteiger charge is -2.06. The quantitative estimate of drug-likeness (QED) is 0.588. The van der Waals surface area contributed by atoms with E-state index in [0.717, 1.165) is 0 Å². The van der Waals surface area contributed by atoms with Gasteiger partial charge in [-0.3, -0.25) is 0 Å². The number of aromatic nitrogens is 2. The van der Waals surface area contributed by atoms with Crippen LogP contribution in [0.15, 0.2) is 11.1 Å². The lowest BCUT2D eigenvalue weighted by Crippen LogP contribution is -2.09. The van der Waals surface area contributed by atoms with E-state index >= 15 is 0 Å². The highest BCUT2D eigenvalue weighted by molar-refractivity contribution is 7.99. The number of nitrogens with two attached hydrogens (primary N) is 1. The van der Waals surface area contributed by atoms with Gasteiger partial charge in [-0.25, -0.2) is 9.78 Å². The highest BCUT2D eigenvalue weighted by atomic mass is 32.2. The van der Waals surface area contributed by atoms with Crippen molar-refractivity contribution >= 4 is 17.7 Å². The minimum absolute atomic E-state index is 0.137. The van der Waals surface area contributed by atoms with Crippen LogP contribution in [0.25, 0.3) is 0 Å². The number of nitrogens with zero attached hydrogens (tertiary/aromatic N) is 2. The summed E-state index contributed by atoms with van der Waals surface area (Å²) in [4.78, 5) is 20.0. The molecule has 0 unspecified atom stereocenters. The van der Waals surface area contributed by atoms with Crippen molar-refractivity contribution in [2.45, 2.75) is 4.90 Å². The molecule has 0 saturated heterocycles. The molecule has 0 atom stereocenters. The second-order valence-corrected chi connectivity index (χ2v) is 3.84. The summed E-state index contributed by atoms with van der Waals surface area (Å²) in [5.74, 6) is 0.167. The largest absolute Gasteiger partial charge is 0.467 e. The Balaban J connectivity index is 3.01. The molecule has 2 N–H and O–H groups in total. The summed E-state index contributed by atoms with van der Waals surface area (Å²) >= 11 is 1.40. The van der Waals surface area contributed by atoms with Crippen LogP contribution in [0.5, 0.6) is 6.01 Å². The fourth-order valence-electron chi connectivity index (χ4n) is 0.970. The number of hydrogen-bond donors (Lipinski definition) is 1. The van der Waals surface area contributed by atoms with Crippen molar-refractivity contribution in [1.82, 2.24) is 9.97 Å². The molecule has 7 heteroatoms. The Morgan fingerprint density at radius 1 is 1.56 bits per heavy atom. The van der Waals surface area contributed by atoms with E-state index in [1.165, 1.54) is 32.2 Å². The first-order chi connectivity index (χ1) is 7.72. The van der Waals surface area contributed by atoms with E-state index in [9.17, 15) is 4.79 Å². The maximum atomic E-state index is 11.5. The Kier molecular flexibility index (Phi) is 5.00. The maximum Gasteiger partial charge on any atom is 0.358 e. The number of carbonyl (C=O) groups is 1. The summed E-state index contributed by atoms with van der Waals surface area (Å²) < 4.78 is 9.47. The first-order valence-electron chi connectivity index (χ1n) is 4.55. The minimum Gasteiger partial charge on any atom is -0.467 e. The predicted molar refractivity (Wildman–Crippen MR) is 59.7 cm³/mol. The number of ether oxygens (including phenoxy) is 2. The molecule has 0 aliphatic carbocycles. The molecule has 1 aromatic rings. The molecule has 1 heterocycles. The van der Waals surface area contributed by atoms with Gasteiger partial charge in [-0.15, -0.1) is 11.8 Å². The van der Waals surface area contributed by atoms with Crippen LogP contribution in [-0.4, -0.2) is 42.5 Å². The molecule has 0 amide bonds. The average Bonchev–Trinajstić information content (AvgIpc) is 2.35. The van der Waals surface area contributed by atoms with Crippen molar-refractivity contribution in [2.24, 2.45) is 5.73 Å². The van der Waals surface area contributed by atoms with Crippen molar-refractivity contribution in [2.75, 3.05) is 26.5 Å².